The van der Waals surface area contributed by atoms with Crippen molar-refractivity contribution in [1.82, 2.24) is 9.55 Å². The summed E-state index contributed by atoms with van der Waals surface area (Å²) in [5, 5.41) is 32.5. The minimum absolute atomic E-state index is 1.75. The zero-order chi connectivity index (χ0) is 12.7. The standard InChI is InChI=1S/C4H6N2.C4H6O6/c1-6-3-2-5-4-6;5-1(3(7)8)2(6)4(9)10/h2-4H,1H3;1-2,5-6H,(H,7,8)(H,9,10). The Morgan fingerprint density at radius 3 is 1.75 bits per heavy atom. The summed E-state index contributed by atoms with van der Waals surface area (Å²) in [5.41, 5.74) is 0. The van der Waals surface area contributed by atoms with Gasteiger partial charge in [0.2, 0.25) is 0 Å². The van der Waals surface area contributed by atoms with E-state index in [9.17, 15) is 9.59 Å². The summed E-state index contributed by atoms with van der Waals surface area (Å²) in [6.45, 7) is 0. The highest BCUT2D eigenvalue weighted by Crippen LogP contribution is 1.92. The molecule has 4 N–H and O–H groups in total. The van der Waals surface area contributed by atoms with Gasteiger partial charge in [0.25, 0.3) is 0 Å². The van der Waals surface area contributed by atoms with Crippen LogP contribution in [0.15, 0.2) is 18.7 Å². The quantitative estimate of drug-likeness (QED) is 0.488. The number of aromatic nitrogens is 2. The molecule has 0 aliphatic carbocycles. The van der Waals surface area contributed by atoms with Gasteiger partial charge in [-0.1, -0.05) is 0 Å². The van der Waals surface area contributed by atoms with Gasteiger partial charge in [-0.25, -0.2) is 14.6 Å². The molecule has 0 fully saturated rings. The smallest absolute Gasteiger partial charge is 0.335 e. The summed E-state index contributed by atoms with van der Waals surface area (Å²) >= 11 is 0. The fourth-order valence-corrected chi connectivity index (χ4v) is 0.596. The monoisotopic (exact) mass is 232 g/mol. The first-order chi connectivity index (χ1) is 7.36. The molecule has 1 heterocycles. The van der Waals surface area contributed by atoms with Crippen LogP contribution in [0.4, 0.5) is 0 Å². The number of imidazole rings is 1. The summed E-state index contributed by atoms with van der Waals surface area (Å²) < 4.78 is 1.89. The third-order valence-corrected chi connectivity index (χ3v) is 1.44. The second-order valence-electron chi connectivity index (χ2n) is 2.79. The minimum Gasteiger partial charge on any atom is -0.479 e. The summed E-state index contributed by atoms with van der Waals surface area (Å²) in [6, 6.07) is 0. The molecule has 8 nitrogen and oxygen atoms in total. The third-order valence-electron chi connectivity index (χ3n) is 1.44. The molecule has 8 heteroatoms. The molecule has 1 aromatic rings. The molecule has 0 aliphatic rings. The number of aliphatic hydroxyl groups excluding tert-OH is 2. The molecular weight excluding hydrogens is 220 g/mol. The summed E-state index contributed by atoms with van der Waals surface area (Å²) in [5.74, 6) is -3.54. The molecule has 0 aliphatic heterocycles. The number of rotatable bonds is 3. The number of aliphatic hydroxyl groups is 2. The van der Waals surface area contributed by atoms with Crippen LogP contribution >= 0.6 is 0 Å². The highest BCUT2D eigenvalue weighted by molar-refractivity contribution is 5.83. The van der Waals surface area contributed by atoms with Gasteiger partial charge in [0.15, 0.2) is 12.2 Å². The maximum atomic E-state index is 9.77. The van der Waals surface area contributed by atoms with Crippen molar-refractivity contribution in [3.05, 3.63) is 18.7 Å². The maximum absolute atomic E-state index is 9.77. The van der Waals surface area contributed by atoms with Crippen molar-refractivity contribution < 1.29 is 30.0 Å². The number of hydrogen-bond donors (Lipinski definition) is 4. The number of carbonyl (C=O) groups is 2. The van der Waals surface area contributed by atoms with E-state index in [4.69, 9.17) is 20.4 Å². The average molecular weight is 232 g/mol. The van der Waals surface area contributed by atoms with Gasteiger partial charge in [-0.2, -0.15) is 0 Å². The van der Waals surface area contributed by atoms with Crippen molar-refractivity contribution in [2.24, 2.45) is 7.05 Å². The predicted octanol–water partition coefficient (Wildman–Crippen LogP) is -1.70. The lowest BCUT2D eigenvalue weighted by Crippen LogP contribution is -2.39. The Kier molecular flexibility index (Phi) is 5.75. The molecule has 0 bridgehead atoms. The molecule has 0 spiro atoms. The highest BCUT2D eigenvalue weighted by Gasteiger charge is 2.29. The van der Waals surface area contributed by atoms with Crippen LogP contribution in [0, 0.1) is 0 Å². The Labute approximate surface area is 90.4 Å². The van der Waals surface area contributed by atoms with Gasteiger partial charge in [-0.15, -0.1) is 0 Å². The van der Waals surface area contributed by atoms with Crippen LogP contribution in [0.1, 0.15) is 0 Å². The Balaban J connectivity index is 0.000000315. The van der Waals surface area contributed by atoms with E-state index in [1.54, 1.807) is 12.5 Å². The van der Waals surface area contributed by atoms with Gasteiger partial charge in [0.05, 0.1) is 6.33 Å². The minimum atomic E-state index is -2.27. The molecular formula is C8H12N2O6. The Morgan fingerprint density at radius 2 is 1.62 bits per heavy atom. The van der Waals surface area contributed by atoms with Crippen molar-refractivity contribution in [2.75, 3.05) is 0 Å². The topological polar surface area (TPSA) is 133 Å². The van der Waals surface area contributed by atoms with Crippen LogP contribution < -0.4 is 0 Å². The molecule has 0 radical (unpaired) electrons. The lowest BCUT2D eigenvalue weighted by atomic mass is 10.2. The Hall–Kier alpha value is -1.93. The first-order valence-electron chi connectivity index (χ1n) is 4.10. The molecule has 0 saturated carbocycles. The van der Waals surface area contributed by atoms with Crippen molar-refractivity contribution in [1.29, 1.82) is 0 Å². The van der Waals surface area contributed by atoms with Crippen LogP contribution in [0.25, 0.3) is 0 Å². The van der Waals surface area contributed by atoms with E-state index in [1.807, 2.05) is 17.8 Å². The van der Waals surface area contributed by atoms with Crippen molar-refractivity contribution >= 4 is 11.9 Å². The lowest BCUT2D eigenvalue weighted by Gasteiger charge is -2.07. The van der Waals surface area contributed by atoms with Gasteiger partial charge < -0.3 is 25.0 Å². The number of carboxylic acids is 2. The molecule has 2 unspecified atom stereocenters. The summed E-state index contributed by atoms with van der Waals surface area (Å²) in [7, 11) is 1.94. The van der Waals surface area contributed by atoms with E-state index >= 15 is 0 Å². The number of carboxylic acid groups (broad SMARTS) is 2. The van der Waals surface area contributed by atoms with E-state index in [0.29, 0.717) is 0 Å². The largest absolute Gasteiger partial charge is 0.479 e. The Bertz CT molecular complexity index is 318. The van der Waals surface area contributed by atoms with Crippen molar-refractivity contribution in [3.8, 4) is 0 Å². The first kappa shape index (κ1) is 14.1. The lowest BCUT2D eigenvalue weighted by molar-refractivity contribution is -0.165. The van der Waals surface area contributed by atoms with E-state index in [1.165, 1.54) is 0 Å². The zero-order valence-corrected chi connectivity index (χ0v) is 8.39. The molecule has 90 valence electrons. The van der Waals surface area contributed by atoms with Gasteiger partial charge in [0, 0.05) is 19.4 Å². The average Bonchev–Trinajstić information content (AvgIpc) is 2.67. The van der Waals surface area contributed by atoms with Gasteiger partial charge in [0.1, 0.15) is 0 Å². The molecule has 1 aromatic heterocycles. The number of nitrogens with zero attached hydrogens (tertiary/aromatic N) is 2. The number of aliphatic carboxylic acids is 2. The van der Waals surface area contributed by atoms with E-state index < -0.39 is 24.1 Å². The Morgan fingerprint density at radius 1 is 1.19 bits per heavy atom. The molecule has 0 saturated heterocycles. The second kappa shape index (κ2) is 6.53. The fourth-order valence-electron chi connectivity index (χ4n) is 0.596. The maximum Gasteiger partial charge on any atom is 0.335 e. The highest BCUT2D eigenvalue weighted by atomic mass is 16.4. The van der Waals surface area contributed by atoms with Gasteiger partial charge in [-0.3, -0.25) is 0 Å². The van der Waals surface area contributed by atoms with E-state index in [2.05, 4.69) is 4.98 Å². The van der Waals surface area contributed by atoms with E-state index in [0.717, 1.165) is 0 Å². The van der Waals surface area contributed by atoms with Crippen molar-refractivity contribution in [3.63, 3.8) is 0 Å². The number of aryl methyl sites for hydroxylation is 1. The van der Waals surface area contributed by atoms with Crippen LogP contribution in [0.5, 0.6) is 0 Å². The van der Waals surface area contributed by atoms with E-state index in [-0.39, 0.29) is 0 Å². The SMILES string of the molecule is Cn1ccnc1.O=C(O)C(O)C(O)C(=O)O. The zero-order valence-electron chi connectivity index (χ0n) is 8.39. The number of hydrogen-bond acceptors (Lipinski definition) is 5. The molecule has 16 heavy (non-hydrogen) atoms. The first-order valence-corrected chi connectivity index (χ1v) is 4.10. The summed E-state index contributed by atoms with van der Waals surface area (Å²) in [4.78, 5) is 23.3. The van der Waals surface area contributed by atoms with Gasteiger partial charge >= 0.3 is 11.9 Å². The fraction of sp³-hybridized carbons (Fsp3) is 0.375. The van der Waals surface area contributed by atoms with Crippen LogP contribution in [0.2, 0.25) is 0 Å². The molecule has 0 aromatic carbocycles. The molecule has 1 rings (SSSR count). The second-order valence-corrected chi connectivity index (χ2v) is 2.79. The third kappa shape index (κ3) is 5.08. The molecule has 0 amide bonds. The molecule has 2 atom stereocenters. The predicted molar refractivity (Wildman–Crippen MR) is 50.5 cm³/mol. The van der Waals surface area contributed by atoms with Gasteiger partial charge in [-0.05, 0) is 0 Å². The van der Waals surface area contributed by atoms with Crippen LogP contribution in [-0.4, -0.2) is 54.1 Å². The summed E-state index contributed by atoms with van der Waals surface area (Å²) in [6.07, 6.45) is 0.856. The van der Waals surface area contributed by atoms with Crippen LogP contribution in [-0.2, 0) is 16.6 Å². The normalized spacial score (nSPS) is 13.2. The van der Waals surface area contributed by atoms with Crippen molar-refractivity contribution in [2.45, 2.75) is 12.2 Å². The van der Waals surface area contributed by atoms with Crippen LogP contribution in [0.3, 0.4) is 0 Å².